The molecule has 0 radical (unpaired) electrons. The van der Waals surface area contributed by atoms with Crippen molar-refractivity contribution in [2.24, 2.45) is 0 Å². The minimum Gasteiger partial charge on any atom is -0.406 e. The average Bonchev–Trinajstić information content (AvgIpc) is 2.64. The van der Waals surface area contributed by atoms with Crippen molar-refractivity contribution in [3.63, 3.8) is 0 Å². The van der Waals surface area contributed by atoms with Crippen LogP contribution in [0.5, 0.6) is 5.75 Å². The van der Waals surface area contributed by atoms with Crippen LogP contribution in [0.4, 0.5) is 29.5 Å². The number of anilines is 2. The first kappa shape index (κ1) is 20.0. The lowest BCUT2D eigenvalue weighted by molar-refractivity contribution is -0.274. The number of nitrogens with one attached hydrogen (secondary N) is 1. The molecular weight excluding hydrogens is 399 g/mol. The first-order valence-electron chi connectivity index (χ1n) is 8.38. The summed E-state index contributed by atoms with van der Waals surface area (Å²) in [6, 6.07) is 6.49. The summed E-state index contributed by atoms with van der Waals surface area (Å²) in [6.45, 7) is 3.91. The summed E-state index contributed by atoms with van der Waals surface area (Å²) < 4.78 is 40.3. The Kier molecular flexibility index (Phi) is 5.78. The van der Waals surface area contributed by atoms with Crippen LogP contribution < -0.4 is 15.0 Å². The van der Waals surface area contributed by atoms with E-state index in [1.165, 1.54) is 12.1 Å². The Labute approximate surface area is 164 Å². The van der Waals surface area contributed by atoms with E-state index in [9.17, 15) is 18.0 Å². The summed E-state index contributed by atoms with van der Waals surface area (Å²) in [5.41, 5.74) is 1.20. The van der Waals surface area contributed by atoms with Crippen LogP contribution in [-0.2, 0) is 0 Å². The third-order valence-corrected chi connectivity index (χ3v) is 4.51. The highest BCUT2D eigenvalue weighted by molar-refractivity contribution is 6.30. The molecule has 11 heteroatoms. The molecule has 0 bridgehead atoms. The van der Waals surface area contributed by atoms with Gasteiger partial charge >= 0.3 is 12.4 Å². The summed E-state index contributed by atoms with van der Waals surface area (Å²) in [7, 11) is 0. The van der Waals surface area contributed by atoms with E-state index in [1.54, 1.807) is 4.90 Å². The molecule has 0 aliphatic carbocycles. The molecule has 0 atom stereocenters. The monoisotopic (exact) mass is 415 g/mol. The van der Waals surface area contributed by atoms with Gasteiger partial charge in [-0.1, -0.05) is 11.6 Å². The van der Waals surface area contributed by atoms with E-state index < -0.39 is 6.36 Å². The predicted molar refractivity (Wildman–Crippen MR) is 97.7 cm³/mol. The van der Waals surface area contributed by atoms with E-state index in [1.807, 2.05) is 17.9 Å². The Hall–Kier alpha value is -2.75. The topological polar surface area (TPSA) is 70.6 Å². The number of urea groups is 1. The van der Waals surface area contributed by atoms with Gasteiger partial charge in [-0.15, -0.1) is 23.4 Å². The van der Waals surface area contributed by atoms with Gasteiger partial charge in [-0.2, -0.15) is 0 Å². The van der Waals surface area contributed by atoms with E-state index in [-0.39, 0.29) is 11.8 Å². The average molecular weight is 416 g/mol. The van der Waals surface area contributed by atoms with Crippen molar-refractivity contribution >= 4 is 29.1 Å². The molecule has 1 aliphatic heterocycles. The number of amides is 2. The normalized spacial score (nSPS) is 14.8. The maximum Gasteiger partial charge on any atom is 0.573 e. The molecule has 1 aliphatic rings. The standard InChI is InChI=1S/C17H17ClF3N5O2/c1-11-10-14(23-24-15(11)18)25-6-8-26(9-7-25)16(27)22-12-2-4-13(5-3-12)28-17(19,20)21/h2-5,10H,6-9H2,1H3,(H,22,27). The molecule has 0 spiro atoms. The van der Waals surface area contributed by atoms with Gasteiger partial charge in [0.05, 0.1) is 0 Å². The summed E-state index contributed by atoms with van der Waals surface area (Å²) in [4.78, 5) is 16.0. The van der Waals surface area contributed by atoms with Crippen LogP contribution in [0.2, 0.25) is 5.15 Å². The Morgan fingerprint density at radius 3 is 2.36 bits per heavy atom. The van der Waals surface area contributed by atoms with E-state index in [0.29, 0.717) is 42.8 Å². The molecule has 1 aromatic carbocycles. The quantitative estimate of drug-likeness (QED) is 0.827. The number of hydrogen-bond donors (Lipinski definition) is 1. The van der Waals surface area contributed by atoms with Crippen LogP contribution in [-0.4, -0.2) is 53.7 Å². The summed E-state index contributed by atoms with van der Waals surface area (Å²) in [5.74, 6) is 0.348. The highest BCUT2D eigenvalue weighted by Gasteiger charge is 2.31. The van der Waals surface area contributed by atoms with Gasteiger partial charge in [0.2, 0.25) is 0 Å². The van der Waals surface area contributed by atoms with Crippen LogP contribution in [0.15, 0.2) is 30.3 Å². The third kappa shape index (κ3) is 5.16. The first-order valence-corrected chi connectivity index (χ1v) is 8.75. The lowest BCUT2D eigenvalue weighted by atomic mass is 10.3. The van der Waals surface area contributed by atoms with Gasteiger partial charge in [0.15, 0.2) is 11.0 Å². The number of rotatable bonds is 3. The zero-order valence-corrected chi connectivity index (χ0v) is 15.6. The van der Waals surface area contributed by atoms with Crippen molar-refractivity contribution in [1.29, 1.82) is 0 Å². The zero-order chi connectivity index (χ0) is 20.3. The van der Waals surface area contributed by atoms with Crippen molar-refractivity contribution in [3.8, 4) is 5.75 Å². The molecular formula is C17H17ClF3N5O2. The molecule has 2 heterocycles. The molecule has 2 aromatic rings. The molecule has 2 amide bonds. The SMILES string of the molecule is Cc1cc(N2CCN(C(=O)Nc3ccc(OC(F)(F)F)cc3)CC2)nnc1Cl. The van der Waals surface area contributed by atoms with Gasteiger partial charge in [-0.3, -0.25) is 0 Å². The maximum atomic E-state index is 12.4. The van der Waals surface area contributed by atoms with Crippen LogP contribution in [0, 0.1) is 6.92 Å². The fourth-order valence-corrected chi connectivity index (χ4v) is 2.78. The number of halogens is 4. The lowest BCUT2D eigenvalue weighted by Gasteiger charge is -2.35. The second-order valence-electron chi connectivity index (χ2n) is 6.15. The Bertz CT molecular complexity index is 840. The number of carbonyl (C=O) groups is 1. The predicted octanol–water partition coefficient (Wildman–Crippen LogP) is 3.69. The van der Waals surface area contributed by atoms with Gasteiger partial charge in [0, 0.05) is 31.9 Å². The summed E-state index contributed by atoms with van der Waals surface area (Å²) in [5, 5.41) is 11.0. The largest absolute Gasteiger partial charge is 0.573 e. The van der Waals surface area contributed by atoms with E-state index >= 15 is 0 Å². The number of nitrogens with zero attached hydrogens (tertiary/aromatic N) is 4. The zero-order valence-electron chi connectivity index (χ0n) is 14.8. The van der Waals surface area contributed by atoms with E-state index in [0.717, 1.165) is 17.7 Å². The second kappa shape index (κ2) is 8.09. The third-order valence-electron chi connectivity index (χ3n) is 4.14. The molecule has 3 rings (SSSR count). The number of alkyl halides is 3. The van der Waals surface area contributed by atoms with Gasteiger partial charge < -0.3 is 19.9 Å². The Balaban J connectivity index is 1.53. The van der Waals surface area contributed by atoms with Crippen molar-refractivity contribution in [1.82, 2.24) is 15.1 Å². The molecule has 0 unspecified atom stereocenters. The van der Waals surface area contributed by atoms with Gasteiger partial charge in [-0.05, 0) is 42.8 Å². The van der Waals surface area contributed by atoms with Crippen molar-refractivity contribution in [3.05, 3.63) is 41.0 Å². The van der Waals surface area contributed by atoms with Crippen molar-refractivity contribution in [2.45, 2.75) is 13.3 Å². The number of carbonyl (C=O) groups excluding carboxylic acids is 1. The molecule has 150 valence electrons. The van der Waals surface area contributed by atoms with Crippen LogP contribution in [0.3, 0.4) is 0 Å². The van der Waals surface area contributed by atoms with Gasteiger partial charge in [0.25, 0.3) is 0 Å². The summed E-state index contributed by atoms with van der Waals surface area (Å²) in [6.07, 6.45) is -4.75. The smallest absolute Gasteiger partial charge is 0.406 e. The molecule has 0 saturated carbocycles. The second-order valence-corrected chi connectivity index (χ2v) is 6.51. The Morgan fingerprint density at radius 2 is 1.79 bits per heavy atom. The fraction of sp³-hybridized carbons (Fsp3) is 0.353. The molecule has 1 fully saturated rings. The highest BCUT2D eigenvalue weighted by atomic mass is 35.5. The van der Waals surface area contributed by atoms with Crippen LogP contribution in [0.1, 0.15) is 5.56 Å². The fourth-order valence-electron chi connectivity index (χ4n) is 2.69. The van der Waals surface area contributed by atoms with Crippen molar-refractivity contribution in [2.75, 3.05) is 36.4 Å². The van der Waals surface area contributed by atoms with Gasteiger partial charge in [0.1, 0.15) is 5.75 Å². The number of hydrogen-bond acceptors (Lipinski definition) is 5. The minimum atomic E-state index is -4.75. The maximum absolute atomic E-state index is 12.4. The molecule has 7 nitrogen and oxygen atoms in total. The number of aryl methyl sites for hydroxylation is 1. The lowest BCUT2D eigenvalue weighted by Crippen LogP contribution is -2.50. The minimum absolute atomic E-state index is 0.331. The molecule has 1 aromatic heterocycles. The van der Waals surface area contributed by atoms with E-state index in [2.05, 4.69) is 20.3 Å². The number of aromatic nitrogens is 2. The summed E-state index contributed by atoms with van der Waals surface area (Å²) >= 11 is 5.89. The Morgan fingerprint density at radius 1 is 1.14 bits per heavy atom. The van der Waals surface area contributed by atoms with Crippen molar-refractivity contribution < 1.29 is 22.7 Å². The highest BCUT2D eigenvalue weighted by Crippen LogP contribution is 2.24. The van der Waals surface area contributed by atoms with Crippen LogP contribution in [0.25, 0.3) is 0 Å². The molecule has 1 saturated heterocycles. The molecule has 1 N–H and O–H groups in total. The first-order chi connectivity index (χ1) is 13.2. The molecule has 28 heavy (non-hydrogen) atoms. The van der Waals surface area contributed by atoms with Gasteiger partial charge in [-0.25, -0.2) is 4.79 Å². The number of ether oxygens (including phenoxy) is 1. The number of piperazine rings is 1. The van der Waals surface area contributed by atoms with Crippen LogP contribution >= 0.6 is 11.6 Å². The van der Waals surface area contributed by atoms with E-state index in [4.69, 9.17) is 11.6 Å². The number of benzene rings is 1.